The Morgan fingerprint density at radius 2 is 1.65 bits per heavy atom. The maximum atomic E-state index is 12.5. The molecule has 3 aliphatic rings. The van der Waals surface area contributed by atoms with Crippen molar-refractivity contribution in [2.75, 3.05) is 0 Å². The van der Waals surface area contributed by atoms with Gasteiger partial charge in [-0.15, -0.1) is 0 Å². The maximum Gasteiger partial charge on any atom is 0.306 e. The zero-order chi connectivity index (χ0) is 19.4. The van der Waals surface area contributed by atoms with E-state index >= 15 is 0 Å². The van der Waals surface area contributed by atoms with Crippen LogP contribution in [-0.4, -0.2) is 23.6 Å². The second-order valence-corrected chi connectivity index (χ2v) is 9.17. The summed E-state index contributed by atoms with van der Waals surface area (Å²) in [6, 6.07) is 0. The predicted octanol–water partition coefficient (Wildman–Crippen LogP) is 4.33. The van der Waals surface area contributed by atoms with Crippen molar-refractivity contribution < 1.29 is 19.1 Å². The fourth-order valence-electron chi connectivity index (χ4n) is 5.24. The SMILES string of the molecule is CC1=C(C)C(=O)C(CCC(=O)OC2CC3(C)CCC2C3(C)C)=C(C)C1=O. The number of carbonyl (C=O) groups excluding carboxylic acids is 3. The van der Waals surface area contributed by atoms with E-state index < -0.39 is 0 Å². The van der Waals surface area contributed by atoms with Crippen molar-refractivity contribution in [2.45, 2.75) is 79.8 Å². The van der Waals surface area contributed by atoms with E-state index in [1.807, 2.05) is 0 Å². The van der Waals surface area contributed by atoms with Crippen LogP contribution in [0.3, 0.4) is 0 Å². The average Bonchev–Trinajstić information content (AvgIpc) is 2.90. The van der Waals surface area contributed by atoms with Crippen LogP contribution in [0.5, 0.6) is 0 Å². The van der Waals surface area contributed by atoms with E-state index in [1.165, 1.54) is 6.42 Å². The molecule has 0 aromatic carbocycles. The second kappa shape index (κ2) is 6.17. The molecule has 0 spiro atoms. The van der Waals surface area contributed by atoms with Crippen molar-refractivity contribution in [3.8, 4) is 0 Å². The molecule has 0 heterocycles. The number of hydrogen-bond acceptors (Lipinski definition) is 4. The molecule has 2 saturated carbocycles. The highest BCUT2D eigenvalue weighted by Crippen LogP contribution is 2.66. The first-order chi connectivity index (χ1) is 12.0. The second-order valence-electron chi connectivity index (χ2n) is 9.17. The fourth-order valence-corrected chi connectivity index (χ4v) is 5.24. The van der Waals surface area contributed by atoms with Crippen molar-refractivity contribution in [3.63, 3.8) is 0 Å². The van der Waals surface area contributed by atoms with Crippen LogP contribution >= 0.6 is 0 Å². The standard InChI is InChI=1S/C22H30O4/c1-12-13(2)20(25)15(14(3)19(12)24)7-8-18(23)26-17-11-22(6)10-9-16(17)21(22,4)5/h16-17H,7-11H2,1-6H3. The molecule has 3 rings (SSSR count). The van der Waals surface area contributed by atoms with Crippen LogP contribution in [0.25, 0.3) is 0 Å². The number of hydrogen-bond donors (Lipinski definition) is 0. The van der Waals surface area contributed by atoms with Gasteiger partial charge in [-0.05, 0) is 57.3 Å². The van der Waals surface area contributed by atoms with E-state index in [2.05, 4.69) is 20.8 Å². The lowest BCUT2D eigenvalue weighted by Gasteiger charge is -2.33. The van der Waals surface area contributed by atoms with E-state index in [9.17, 15) is 14.4 Å². The Balaban J connectivity index is 1.62. The number of esters is 1. The first-order valence-corrected chi connectivity index (χ1v) is 9.65. The lowest BCUT2D eigenvalue weighted by molar-refractivity contribution is -0.152. The topological polar surface area (TPSA) is 60.4 Å². The smallest absolute Gasteiger partial charge is 0.306 e. The maximum absolute atomic E-state index is 12.5. The number of allylic oxidation sites excluding steroid dienone is 4. The monoisotopic (exact) mass is 358 g/mol. The van der Waals surface area contributed by atoms with Gasteiger partial charge >= 0.3 is 5.97 Å². The summed E-state index contributed by atoms with van der Waals surface area (Å²) in [6.07, 6.45) is 3.65. The van der Waals surface area contributed by atoms with Crippen LogP contribution in [0, 0.1) is 16.7 Å². The van der Waals surface area contributed by atoms with Crippen LogP contribution in [0.15, 0.2) is 22.3 Å². The largest absolute Gasteiger partial charge is 0.462 e. The van der Waals surface area contributed by atoms with Crippen molar-refractivity contribution >= 4 is 17.5 Å². The third-order valence-electron chi connectivity index (χ3n) is 7.76. The Morgan fingerprint density at radius 3 is 2.19 bits per heavy atom. The molecule has 2 bridgehead atoms. The van der Waals surface area contributed by atoms with Gasteiger partial charge in [-0.2, -0.15) is 0 Å². The molecule has 3 aliphatic carbocycles. The number of Topliss-reactive ketones (excluding diaryl/α,β-unsaturated/α-hetero) is 2. The summed E-state index contributed by atoms with van der Waals surface area (Å²) in [5.74, 6) is -0.0382. The zero-order valence-electron chi connectivity index (χ0n) is 16.8. The zero-order valence-corrected chi connectivity index (χ0v) is 16.8. The molecule has 3 unspecified atom stereocenters. The summed E-state index contributed by atoms with van der Waals surface area (Å²) in [6.45, 7) is 11.9. The highest BCUT2D eigenvalue weighted by atomic mass is 16.5. The molecule has 0 amide bonds. The first-order valence-electron chi connectivity index (χ1n) is 9.65. The van der Waals surface area contributed by atoms with Gasteiger partial charge in [0.1, 0.15) is 6.10 Å². The third-order valence-corrected chi connectivity index (χ3v) is 7.76. The molecule has 0 aliphatic heterocycles. The average molecular weight is 358 g/mol. The molecular weight excluding hydrogens is 328 g/mol. The minimum absolute atomic E-state index is 0.0149. The summed E-state index contributed by atoms with van der Waals surface area (Å²) >= 11 is 0. The summed E-state index contributed by atoms with van der Waals surface area (Å²) in [5.41, 5.74) is 2.38. The van der Waals surface area contributed by atoms with E-state index in [4.69, 9.17) is 4.74 Å². The van der Waals surface area contributed by atoms with E-state index in [0.29, 0.717) is 28.2 Å². The normalized spacial score (nSPS) is 33.3. The van der Waals surface area contributed by atoms with Gasteiger partial charge in [-0.1, -0.05) is 20.8 Å². The summed E-state index contributed by atoms with van der Waals surface area (Å²) in [7, 11) is 0. The Labute approximate surface area is 156 Å². The molecule has 3 atom stereocenters. The van der Waals surface area contributed by atoms with Crippen LogP contribution in [0.1, 0.15) is 73.6 Å². The van der Waals surface area contributed by atoms with Crippen LogP contribution in [-0.2, 0) is 19.1 Å². The van der Waals surface area contributed by atoms with Crippen molar-refractivity contribution in [1.29, 1.82) is 0 Å². The molecule has 0 radical (unpaired) electrons. The van der Waals surface area contributed by atoms with Crippen molar-refractivity contribution in [2.24, 2.45) is 16.7 Å². The molecule has 0 N–H and O–H groups in total. The number of rotatable bonds is 4. The molecule has 142 valence electrons. The van der Waals surface area contributed by atoms with Gasteiger partial charge in [-0.25, -0.2) is 0 Å². The van der Waals surface area contributed by atoms with Gasteiger partial charge in [0.15, 0.2) is 11.6 Å². The highest BCUT2D eigenvalue weighted by Gasteiger charge is 2.61. The van der Waals surface area contributed by atoms with Crippen molar-refractivity contribution in [1.82, 2.24) is 0 Å². The van der Waals surface area contributed by atoms with Gasteiger partial charge < -0.3 is 4.74 Å². The highest BCUT2D eigenvalue weighted by molar-refractivity contribution is 6.24. The van der Waals surface area contributed by atoms with Gasteiger partial charge in [0.2, 0.25) is 0 Å². The fraction of sp³-hybridized carbons (Fsp3) is 0.682. The number of ether oxygens (including phenoxy) is 1. The molecule has 4 nitrogen and oxygen atoms in total. The Kier molecular flexibility index (Phi) is 4.53. The molecular formula is C22H30O4. The summed E-state index contributed by atoms with van der Waals surface area (Å²) in [4.78, 5) is 37.1. The van der Waals surface area contributed by atoms with E-state index in [0.717, 1.165) is 12.8 Å². The minimum Gasteiger partial charge on any atom is -0.462 e. The Morgan fingerprint density at radius 1 is 1.04 bits per heavy atom. The lowest BCUT2D eigenvalue weighted by Crippen LogP contribution is -2.28. The Hall–Kier alpha value is -1.71. The van der Waals surface area contributed by atoms with Crippen LogP contribution in [0.4, 0.5) is 0 Å². The van der Waals surface area contributed by atoms with Crippen molar-refractivity contribution in [3.05, 3.63) is 22.3 Å². The van der Waals surface area contributed by atoms with Crippen LogP contribution < -0.4 is 0 Å². The van der Waals surface area contributed by atoms with E-state index in [-0.39, 0.29) is 47.3 Å². The van der Waals surface area contributed by atoms with Crippen LogP contribution in [0.2, 0.25) is 0 Å². The van der Waals surface area contributed by atoms with Gasteiger partial charge in [0, 0.05) is 34.6 Å². The predicted molar refractivity (Wildman–Crippen MR) is 99.4 cm³/mol. The molecule has 0 aromatic heterocycles. The lowest BCUT2D eigenvalue weighted by atomic mass is 9.71. The minimum atomic E-state index is -0.258. The molecule has 4 heteroatoms. The molecule has 0 aromatic rings. The van der Waals surface area contributed by atoms with Gasteiger partial charge in [0.05, 0.1) is 0 Å². The summed E-state index contributed by atoms with van der Waals surface area (Å²) < 4.78 is 5.81. The Bertz CT molecular complexity index is 749. The molecule has 0 saturated heterocycles. The van der Waals surface area contributed by atoms with Gasteiger partial charge in [0.25, 0.3) is 0 Å². The third kappa shape index (κ3) is 2.69. The molecule has 26 heavy (non-hydrogen) atoms. The summed E-state index contributed by atoms with van der Waals surface area (Å²) in [5, 5.41) is 0. The number of fused-ring (bicyclic) bond motifs is 2. The quantitative estimate of drug-likeness (QED) is 0.554. The number of carbonyl (C=O) groups is 3. The van der Waals surface area contributed by atoms with E-state index in [1.54, 1.807) is 20.8 Å². The number of ketones is 2. The van der Waals surface area contributed by atoms with Gasteiger partial charge in [-0.3, -0.25) is 14.4 Å². The molecule has 2 fully saturated rings. The first kappa shape index (κ1) is 19.1.